The largest absolute Gasteiger partial charge is 0.278 e. The molecule has 3 aliphatic rings. The molecule has 5 aromatic carbocycles. The van der Waals surface area contributed by atoms with Crippen molar-refractivity contribution in [3.63, 3.8) is 0 Å². The normalized spacial score (nSPS) is 20.5. The lowest BCUT2D eigenvalue weighted by Crippen LogP contribution is -2.36. The lowest BCUT2D eigenvalue weighted by atomic mass is 9.62. The summed E-state index contributed by atoms with van der Waals surface area (Å²) in [5, 5.41) is 2.45. The van der Waals surface area contributed by atoms with Crippen LogP contribution in [0.25, 0.3) is 61.7 Å². The molecule has 0 fully saturated rings. The van der Waals surface area contributed by atoms with Gasteiger partial charge in [0.15, 0.2) is 11.6 Å². The Morgan fingerprint density at radius 3 is 1.84 bits per heavy atom. The second-order valence-corrected chi connectivity index (χ2v) is 15.5. The van der Waals surface area contributed by atoms with Gasteiger partial charge in [-0.3, -0.25) is 4.57 Å². The third-order valence-corrected chi connectivity index (χ3v) is 12.4. The molecule has 0 bridgehead atoms. The molecule has 0 amide bonds. The number of aromatic nitrogens is 4. The second-order valence-electron chi connectivity index (χ2n) is 15.5. The third-order valence-electron chi connectivity index (χ3n) is 12.4. The lowest BCUT2D eigenvalue weighted by Gasteiger charge is -2.41. The highest BCUT2D eigenvalue weighted by Crippen LogP contribution is 2.62. The predicted octanol–water partition coefficient (Wildman–Crippen LogP) is 11.1. The summed E-state index contributed by atoms with van der Waals surface area (Å²) < 4.78 is 2.32. The average Bonchev–Trinajstić information content (AvgIpc) is 3.64. The van der Waals surface area contributed by atoms with Crippen molar-refractivity contribution < 1.29 is 0 Å². The molecule has 242 valence electrons. The molecule has 3 aliphatic carbocycles. The zero-order valence-electron chi connectivity index (χ0n) is 29.1. The molecule has 10 rings (SSSR count). The smallest absolute Gasteiger partial charge is 0.238 e. The number of rotatable bonds is 3. The Kier molecular flexibility index (Phi) is 5.85. The van der Waals surface area contributed by atoms with Gasteiger partial charge in [-0.1, -0.05) is 144 Å². The van der Waals surface area contributed by atoms with E-state index < -0.39 is 0 Å². The maximum atomic E-state index is 5.28. The molecule has 0 aliphatic heterocycles. The molecule has 7 aromatic rings. The van der Waals surface area contributed by atoms with Crippen molar-refractivity contribution in [2.24, 2.45) is 5.41 Å². The van der Waals surface area contributed by atoms with Crippen molar-refractivity contribution in [2.45, 2.75) is 51.4 Å². The van der Waals surface area contributed by atoms with Gasteiger partial charge in [0.25, 0.3) is 0 Å². The minimum absolute atomic E-state index is 0.0259. The molecule has 0 N–H and O–H groups in total. The van der Waals surface area contributed by atoms with E-state index in [1.54, 1.807) is 0 Å². The summed E-state index contributed by atoms with van der Waals surface area (Å²) in [6.45, 7) is 11.9. The van der Waals surface area contributed by atoms with Gasteiger partial charge in [-0.25, -0.2) is 4.98 Å². The minimum atomic E-state index is -0.143. The number of allylic oxidation sites excluding steroid dienone is 4. The van der Waals surface area contributed by atoms with Crippen LogP contribution in [0, 0.1) is 5.41 Å². The third kappa shape index (κ3) is 3.79. The fourth-order valence-electron chi connectivity index (χ4n) is 9.23. The monoisotopic (exact) mass is 646 g/mol. The summed E-state index contributed by atoms with van der Waals surface area (Å²) in [5.74, 6) is 2.26. The first-order valence-electron chi connectivity index (χ1n) is 17.7. The van der Waals surface area contributed by atoms with Crippen LogP contribution in [-0.2, 0) is 10.8 Å². The van der Waals surface area contributed by atoms with Crippen LogP contribution in [0.3, 0.4) is 0 Å². The van der Waals surface area contributed by atoms with Crippen LogP contribution >= 0.6 is 0 Å². The molecule has 4 heteroatoms. The molecule has 4 nitrogen and oxygen atoms in total. The summed E-state index contributed by atoms with van der Waals surface area (Å²) in [4.78, 5) is 15.6. The fraction of sp³-hybridized carbons (Fsp3) is 0.196. The van der Waals surface area contributed by atoms with E-state index in [0.29, 0.717) is 23.5 Å². The van der Waals surface area contributed by atoms with E-state index in [1.807, 2.05) is 36.4 Å². The van der Waals surface area contributed by atoms with Gasteiger partial charge in [0.2, 0.25) is 5.95 Å². The van der Waals surface area contributed by atoms with Gasteiger partial charge in [-0.15, -0.1) is 0 Å². The molecule has 0 spiro atoms. The summed E-state index contributed by atoms with van der Waals surface area (Å²) >= 11 is 0. The maximum Gasteiger partial charge on any atom is 0.238 e. The summed E-state index contributed by atoms with van der Waals surface area (Å²) in [5.41, 5.74) is 12.0. The first kappa shape index (κ1) is 29.3. The quantitative estimate of drug-likeness (QED) is 0.192. The van der Waals surface area contributed by atoms with Crippen LogP contribution in [-0.4, -0.2) is 19.5 Å². The Morgan fingerprint density at radius 1 is 0.560 bits per heavy atom. The van der Waals surface area contributed by atoms with Crippen molar-refractivity contribution in [3.8, 4) is 39.9 Å². The fourth-order valence-corrected chi connectivity index (χ4v) is 9.23. The molecular formula is C46H38N4. The van der Waals surface area contributed by atoms with Gasteiger partial charge in [-0.2, -0.15) is 9.97 Å². The predicted molar refractivity (Wildman–Crippen MR) is 205 cm³/mol. The highest BCUT2D eigenvalue weighted by Gasteiger charge is 2.53. The van der Waals surface area contributed by atoms with Crippen LogP contribution in [0.15, 0.2) is 133 Å². The van der Waals surface area contributed by atoms with Gasteiger partial charge in [0.05, 0.1) is 11.0 Å². The second kappa shape index (κ2) is 9.98. The van der Waals surface area contributed by atoms with Crippen molar-refractivity contribution in [3.05, 3.63) is 156 Å². The number of hydrogen-bond acceptors (Lipinski definition) is 3. The number of nitrogens with zero attached hydrogens (tertiary/aromatic N) is 4. The van der Waals surface area contributed by atoms with Crippen LogP contribution in [0.5, 0.6) is 0 Å². The Balaban J connectivity index is 1.34. The maximum absolute atomic E-state index is 5.28. The Labute approximate surface area is 292 Å². The van der Waals surface area contributed by atoms with Gasteiger partial charge < -0.3 is 0 Å². The molecule has 0 saturated carbocycles. The van der Waals surface area contributed by atoms with Crippen LogP contribution in [0.4, 0.5) is 0 Å². The standard InChI is InChI=1S/C46H38N4/c1-44(2)35-21-13-12-20-30(35)31-24-32-33-25-34-36-22-14-15-23-46(36,5)45(3,4)38(34)27-40(33)50(39(32)26-37(31)44)43-48-41(28-16-8-6-9-17-28)47-42(49-43)29-18-10-7-11-19-29/h6-27,36H,1-5H3. The molecule has 2 unspecified atom stereocenters. The van der Waals surface area contributed by atoms with Crippen LogP contribution in [0.1, 0.15) is 62.8 Å². The van der Waals surface area contributed by atoms with E-state index in [-0.39, 0.29) is 16.2 Å². The van der Waals surface area contributed by atoms with E-state index >= 15 is 0 Å². The van der Waals surface area contributed by atoms with E-state index in [9.17, 15) is 0 Å². The Morgan fingerprint density at radius 2 is 1.16 bits per heavy atom. The molecule has 2 heterocycles. The first-order valence-corrected chi connectivity index (χ1v) is 17.7. The lowest BCUT2D eigenvalue weighted by molar-refractivity contribution is 0.245. The van der Waals surface area contributed by atoms with Crippen molar-refractivity contribution in [2.75, 3.05) is 0 Å². The Bertz CT molecular complexity index is 2550. The van der Waals surface area contributed by atoms with Crippen molar-refractivity contribution >= 4 is 21.8 Å². The van der Waals surface area contributed by atoms with E-state index in [1.165, 1.54) is 44.2 Å². The van der Waals surface area contributed by atoms with E-state index in [2.05, 4.69) is 136 Å². The van der Waals surface area contributed by atoms with Gasteiger partial charge in [0, 0.05) is 38.6 Å². The first-order chi connectivity index (χ1) is 24.2. The van der Waals surface area contributed by atoms with Gasteiger partial charge in [0.1, 0.15) is 0 Å². The topological polar surface area (TPSA) is 43.6 Å². The minimum Gasteiger partial charge on any atom is -0.278 e. The number of benzene rings is 5. The zero-order valence-corrected chi connectivity index (χ0v) is 29.1. The Hall–Kier alpha value is -5.61. The highest BCUT2D eigenvalue weighted by molar-refractivity contribution is 6.12. The van der Waals surface area contributed by atoms with Crippen molar-refractivity contribution in [1.29, 1.82) is 0 Å². The molecule has 50 heavy (non-hydrogen) atoms. The molecule has 2 aromatic heterocycles. The molecule has 0 saturated heterocycles. The van der Waals surface area contributed by atoms with E-state index in [4.69, 9.17) is 15.0 Å². The summed E-state index contributed by atoms with van der Waals surface area (Å²) in [7, 11) is 0. The molecular weight excluding hydrogens is 609 g/mol. The van der Waals surface area contributed by atoms with Crippen molar-refractivity contribution in [1.82, 2.24) is 19.5 Å². The molecule has 0 radical (unpaired) electrons. The van der Waals surface area contributed by atoms with E-state index in [0.717, 1.165) is 22.2 Å². The van der Waals surface area contributed by atoms with Crippen LogP contribution in [0.2, 0.25) is 0 Å². The number of hydrogen-bond donors (Lipinski definition) is 0. The zero-order chi connectivity index (χ0) is 34.0. The van der Waals surface area contributed by atoms with Gasteiger partial charge in [-0.05, 0) is 63.1 Å². The molecule has 2 atom stereocenters. The average molecular weight is 647 g/mol. The number of fused-ring (bicyclic) bond motifs is 9. The summed E-state index contributed by atoms with van der Waals surface area (Å²) in [6.07, 6.45) is 9.27. The van der Waals surface area contributed by atoms with Gasteiger partial charge >= 0.3 is 0 Å². The van der Waals surface area contributed by atoms with Crippen LogP contribution < -0.4 is 0 Å². The summed E-state index contributed by atoms with van der Waals surface area (Å²) in [6, 6.07) is 39.2. The highest BCUT2D eigenvalue weighted by atomic mass is 15.2. The SMILES string of the molecule is CC1(C)c2ccccc2-c2cc3c4cc5c(cc4n(-c4nc(-c6ccccc6)nc(-c6ccccc6)n4)c3cc21)C(C)(C)C1(C)C=CC=CC51.